The maximum absolute atomic E-state index is 12.8. The molecule has 1 rings (SSSR count). The fourth-order valence-corrected chi connectivity index (χ4v) is 1.19. The monoisotopic (exact) mass is 213 g/mol. The van der Waals surface area contributed by atoms with Crippen LogP contribution in [0.5, 0.6) is 5.75 Å². The number of phenols is 1. The number of nitrogens with two attached hydrogens (primary N) is 1. The lowest BCUT2D eigenvalue weighted by molar-refractivity contribution is -0.142. The number of hydrogen-bond acceptors (Lipinski definition) is 4. The third kappa shape index (κ3) is 2.92. The number of hydrogen-bond donors (Lipinski definition) is 2. The van der Waals surface area contributed by atoms with Crippen LogP contribution in [0, 0.1) is 5.82 Å². The topological polar surface area (TPSA) is 72.5 Å². The summed E-state index contributed by atoms with van der Waals surface area (Å²) in [5.74, 6) is -1.17. The lowest BCUT2D eigenvalue weighted by atomic mass is 10.1. The molecule has 0 bridgehead atoms. The number of esters is 1. The van der Waals surface area contributed by atoms with Gasteiger partial charge in [0, 0.05) is 6.42 Å². The summed E-state index contributed by atoms with van der Waals surface area (Å²) in [5, 5.41) is 9.36. The predicted octanol–water partition coefficient (Wildman–Crippen LogP) is 0.574. The van der Waals surface area contributed by atoms with Crippen molar-refractivity contribution >= 4 is 5.97 Å². The summed E-state index contributed by atoms with van der Waals surface area (Å²) < 4.78 is 17.2. The molecule has 4 nitrogen and oxygen atoms in total. The van der Waals surface area contributed by atoms with Crippen LogP contribution < -0.4 is 5.73 Å². The highest BCUT2D eigenvalue weighted by Crippen LogP contribution is 2.19. The number of methoxy groups -OCH3 is 1. The zero-order valence-corrected chi connectivity index (χ0v) is 8.24. The molecule has 0 aliphatic heterocycles. The second kappa shape index (κ2) is 4.75. The third-order valence-corrected chi connectivity index (χ3v) is 1.99. The summed E-state index contributed by atoms with van der Waals surface area (Å²) in [4.78, 5) is 11.0. The first kappa shape index (κ1) is 11.5. The van der Waals surface area contributed by atoms with E-state index in [-0.39, 0.29) is 17.7 Å². The zero-order chi connectivity index (χ0) is 11.4. The van der Waals surface area contributed by atoms with Gasteiger partial charge in [-0.1, -0.05) is 0 Å². The number of phenolic OH excluding ortho intramolecular Hbond substituents is 1. The fraction of sp³-hybridized carbons (Fsp3) is 0.300. The van der Waals surface area contributed by atoms with Crippen LogP contribution in [-0.2, 0) is 16.0 Å². The van der Waals surface area contributed by atoms with Crippen molar-refractivity contribution in [1.29, 1.82) is 0 Å². The highest BCUT2D eigenvalue weighted by atomic mass is 19.1. The van der Waals surface area contributed by atoms with Gasteiger partial charge in [0.25, 0.3) is 0 Å². The number of ether oxygens (including phenoxy) is 1. The van der Waals surface area contributed by atoms with E-state index in [1.807, 2.05) is 0 Å². The molecule has 0 radical (unpaired) electrons. The Morgan fingerprint density at radius 2 is 2.33 bits per heavy atom. The lowest BCUT2D eigenvalue weighted by Gasteiger charge is -2.10. The van der Waals surface area contributed by atoms with Crippen LogP contribution in [-0.4, -0.2) is 24.2 Å². The number of carbonyl (C=O) groups excluding carboxylic acids is 1. The molecule has 82 valence electrons. The van der Waals surface area contributed by atoms with Crippen LogP contribution in [0.2, 0.25) is 0 Å². The molecule has 0 fully saturated rings. The molecular weight excluding hydrogens is 201 g/mol. The molecule has 0 saturated heterocycles. The van der Waals surface area contributed by atoms with E-state index in [2.05, 4.69) is 4.74 Å². The highest BCUT2D eigenvalue weighted by molar-refractivity contribution is 5.75. The van der Waals surface area contributed by atoms with Crippen molar-refractivity contribution in [3.8, 4) is 5.75 Å². The number of carbonyl (C=O) groups is 1. The van der Waals surface area contributed by atoms with E-state index in [0.29, 0.717) is 0 Å². The van der Waals surface area contributed by atoms with E-state index in [1.54, 1.807) is 0 Å². The molecule has 0 aromatic heterocycles. The van der Waals surface area contributed by atoms with Crippen molar-refractivity contribution < 1.29 is 19.0 Å². The molecule has 0 amide bonds. The van der Waals surface area contributed by atoms with Crippen molar-refractivity contribution in [2.45, 2.75) is 12.5 Å². The third-order valence-electron chi connectivity index (χ3n) is 1.99. The molecule has 15 heavy (non-hydrogen) atoms. The summed E-state index contributed by atoms with van der Waals surface area (Å²) >= 11 is 0. The standard InChI is InChI=1S/C10H12FNO3/c1-15-10(14)8(12)5-6-4-7(11)2-3-9(6)13/h2-4,8,13H,5,12H2,1H3. The van der Waals surface area contributed by atoms with E-state index in [9.17, 15) is 14.3 Å². The highest BCUT2D eigenvalue weighted by Gasteiger charge is 2.16. The molecule has 0 aliphatic carbocycles. The second-order valence-corrected chi connectivity index (χ2v) is 3.11. The van der Waals surface area contributed by atoms with Crippen LogP contribution in [0.3, 0.4) is 0 Å². The summed E-state index contributed by atoms with van der Waals surface area (Å²) in [6.07, 6.45) is 0.0380. The average molecular weight is 213 g/mol. The molecule has 0 spiro atoms. The molecule has 0 aliphatic rings. The Bertz CT molecular complexity index is 368. The van der Waals surface area contributed by atoms with Crippen molar-refractivity contribution in [3.05, 3.63) is 29.6 Å². The molecule has 1 aromatic rings. The molecule has 1 aromatic carbocycles. The van der Waals surface area contributed by atoms with Crippen LogP contribution in [0.15, 0.2) is 18.2 Å². The van der Waals surface area contributed by atoms with Gasteiger partial charge in [-0.25, -0.2) is 4.39 Å². The van der Waals surface area contributed by atoms with Gasteiger partial charge >= 0.3 is 5.97 Å². The number of aromatic hydroxyl groups is 1. The van der Waals surface area contributed by atoms with Crippen molar-refractivity contribution in [2.75, 3.05) is 7.11 Å². The van der Waals surface area contributed by atoms with Gasteiger partial charge in [-0.15, -0.1) is 0 Å². The Hall–Kier alpha value is -1.62. The first-order valence-electron chi connectivity index (χ1n) is 4.35. The van der Waals surface area contributed by atoms with Crippen LogP contribution >= 0.6 is 0 Å². The van der Waals surface area contributed by atoms with E-state index in [4.69, 9.17) is 5.73 Å². The Balaban J connectivity index is 2.80. The zero-order valence-electron chi connectivity index (χ0n) is 8.24. The second-order valence-electron chi connectivity index (χ2n) is 3.11. The number of halogens is 1. The minimum Gasteiger partial charge on any atom is -0.508 e. The summed E-state index contributed by atoms with van der Waals surface area (Å²) in [6.45, 7) is 0. The maximum atomic E-state index is 12.8. The van der Waals surface area contributed by atoms with E-state index < -0.39 is 17.8 Å². The van der Waals surface area contributed by atoms with Gasteiger partial charge in [0.2, 0.25) is 0 Å². The summed E-state index contributed by atoms with van der Waals surface area (Å²) in [6, 6.07) is 2.58. The molecule has 1 atom stereocenters. The summed E-state index contributed by atoms with van der Waals surface area (Å²) in [5.41, 5.74) is 5.76. The van der Waals surface area contributed by atoms with E-state index in [1.165, 1.54) is 13.2 Å². The Morgan fingerprint density at radius 1 is 1.67 bits per heavy atom. The first-order valence-corrected chi connectivity index (χ1v) is 4.35. The Kier molecular flexibility index (Phi) is 3.62. The molecule has 1 unspecified atom stereocenters. The van der Waals surface area contributed by atoms with E-state index >= 15 is 0 Å². The molecule has 0 heterocycles. The molecule has 5 heteroatoms. The lowest BCUT2D eigenvalue weighted by Crippen LogP contribution is -2.33. The first-order chi connectivity index (χ1) is 7.04. The largest absolute Gasteiger partial charge is 0.508 e. The smallest absolute Gasteiger partial charge is 0.322 e. The van der Waals surface area contributed by atoms with Gasteiger partial charge in [0.1, 0.15) is 17.6 Å². The van der Waals surface area contributed by atoms with Crippen LogP contribution in [0.25, 0.3) is 0 Å². The van der Waals surface area contributed by atoms with E-state index in [0.717, 1.165) is 12.1 Å². The number of benzene rings is 1. The van der Waals surface area contributed by atoms with Crippen molar-refractivity contribution in [1.82, 2.24) is 0 Å². The quantitative estimate of drug-likeness (QED) is 0.720. The van der Waals surface area contributed by atoms with Crippen molar-refractivity contribution in [2.24, 2.45) is 5.73 Å². The van der Waals surface area contributed by atoms with Gasteiger partial charge < -0.3 is 15.6 Å². The van der Waals surface area contributed by atoms with Gasteiger partial charge in [-0.2, -0.15) is 0 Å². The Labute approximate surface area is 86.5 Å². The molecular formula is C10H12FNO3. The SMILES string of the molecule is COC(=O)C(N)Cc1cc(F)ccc1O. The predicted molar refractivity (Wildman–Crippen MR) is 51.8 cm³/mol. The minimum atomic E-state index is -0.900. The summed E-state index contributed by atoms with van der Waals surface area (Å²) in [7, 11) is 1.22. The number of rotatable bonds is 3. The van der Waals surface area contributed by atoms with Gasteiger partial charge in [0.15, 0.2) is 0 Å². The van der Waals surface area contributed by atoms with Gasteiger partial charge in [-0.3, -0.25) is 4.79 Å². The average Bonchev–Trinajstić information content (AvgIpc) is 2.22. The van der Waals surface area contributed by atoms with Gasteiger partial charge in [-0.05, 0) is 23.8 Å². The van der Waals surface area contributed by atoms with Crippen LogP contribution in [0.4, 0.5) is 4.39 Å². The van der Waals surface area contributed by atoms with Gasteiger partial charge in [0.05, 0.1) is 7.11 Å². The molecule has 0 saturated carbocycles. The van der Waals surface area contributed by atoms with Crippen molar-refractivity contribution in [3.63, 3.8) is 0 Å². The maximum Gasteiger partial charge on any atom is 0.322 e. The fourth-order valence-electron chi connectivity index (χ4n) is 1.19. The van der Waals surface area contributed by atoms with Crippen LogP contribution in [0.1, 0.15) is 5.56 Å². The molecule has 3 N–H and O–H groups in total. The minimum absolute atomic E-state index is 0.0380. The normalized spacial score (nSPS) is 12.2. The Morgan fingerprint density at radius 3 is 2.93 bits per heavy atom.